The minimum atomic E-state index is -0.783. The van der Waals surface area contributed by atoms with Crippen LogP contribution in [0, 0.1) is 5.92 Å². The van der Waals surface area contributed by atoms with E-state index < -0.39 is 11.9 Å². The third-order valence-corrected chi connectivity index (χ3v) is 5.88. The molecule has 0 saturated heterocycles. The second-order valence-corrected chi connectivity index (χ2v) is 8.53. The van der Waals surface area contributed by atoms with Crippen LogP contribution in [0.3, 0.4) is 0 Å². The molecule has 1 unspecified atom stereocenters. The van der Waals surface area contributed by atoms with Crippen LogP contribution in [0.2, 0.25) is 0 Å². The van der Waals surface area contributed by atoms with Crippen LogP contribution in [-0.4, -0.2) is 35.7 Å². The molecule has 2 amide bonds. The number of aromatic nitrogens is 1. The summed E-state index contributed by atoms with van der Waals surface area (Å²) in [5.41, 5.74) is 1.74. The second-order valence-electron chi connectivity index (χ2n) is 7.53. The van der Waals surface area contributed by atoms with E-state index in [0.717, 1.165) is 16.9 Å². The van der Waals surface area contributed by atoms with E-state index in [1.165, 1.54) is 6.92 Å². The normalized spacial score (nSPS) is 11.7. The molecule has 3 aromatic rings. The number of ketones is 1. The molecule has 1 aromatic heterocycles. The van der Waals surface area contributed by atoms with Crippen molar-refractivity contribution in [2.24, 2.45) is 5.92 Å². The molecule has 0 bridgehead atoms. The number of benzene rings is 2. The zero-order valence-electron chi connectivity index (χ0n) is 18.3. The van der Waals surface area contributed by atoms with Crippen LogP contribution < -0.4 is 15.4 Å². The number of ether oxygens (including phenoxy) is 1. The van der Waals surface area contributed by atoms with E-state index >= 15 is 0 Å². The maximum atomic E-state index is 13.0. The monoisotopic (exact) mass is 451 g/mol. The molecular formula is C24H25N3O4S. The van der Waals surface area contributed by atoms with Crippen molar-refractivity contribution in [3.8, 4) is 17.0 Å². The molecule has 0 fully saturated rings. The van der Waals surface area contributed by atoms with Crippen molar-refractivity contribution in [2.75, 3.05) is 12.4 Å². The van der Waals surface area contributed by atoms with Crippen molar-refractivity contribution in [3.63, 3.8) is 0 Å². The van der Waals surface area contributed by atoms with Gasteiger partial charge in [0.05, 0.1) is 17.7 Å². The number of methoxy groups -OCH3 is 1. The third-order valence-electron chi connectivity index (χ3n) is 4.81. The van der Waals surface area contributed by atoms with Gasteiger partial charge in [0.2, 0.25) is 5.91 Å². The average Bonchev–Trinajstić information content (AvgIpc) is 3.21. The third kappa shape index (κ3) is 5.39. The Morgan fingerprint density at radius 1 is 1.00 bits per heavy atom. The van der Waals surface area contributed by atoms with E-state index in [1.807, 2.05) is 44.2 Å². The fourth-order valence-corrected chi connectivity index (χ4v) is 3.97. The molecule has 2 N–H and O–H groups in total. The number of hydrogen-bond acceptors (Lipinski definition) is 6. The van der Waals surface area contributed by atoms with Crippen molar-refractivity contribution < 1.29 is 19.1 Å². The molecule has 0 saturated carbocycles. The molecule has 3 rings (SSSR count). The van der Waals surface area contributed by atoms with Gasteiger partial charge in [0.25, 0.3) is 5.91 Å². The number of carbonyl (C=O) groups excluding carboxylic acids is 3. The Bertz CT molecular complexity index is 1110. The highest BCUT2D eigenvalue weighted by Crippen LogP contribution is 2.31. The Balaban J connectivity index is 1.78. The van der Waals surface area contributed by atoms with E-state index in [1.54, 1.807) is 31.4 Å². The van der Waals surface area contributed by atoms with Gasteiger partial charge >= 0.3 is 0 Å². The molecule has 8 heteroatoms. The van der Waals surface area contributed by atoms with E-state index in [2.05, 4.69) is 15.6 Å². The Hall–Kier alpha value is -3.52. The van der Waals surface area contributed by atoms with Crippen molar-refractivity contribution in [2.45, 2.75) is 26.8 Å². The fraction of sp³-hybridized carbons (Fsp3) is 0.250. The van der Waals surface area contributed by atoms with Crippen molar-refractivity contribution in [3.05, 3.63) is 65.0 Å². The predicted molar refractivity (Wildman–Crippen MR) is 125 cm³/mol. The summed E-state index contributed by atoms with van der Waals surface area (Å²) in [7, 11) is 1.55. The number of rotatable bonds is 8. The lowest BCUT2D eigenvalue weighted by Crippen LogP contribution is -2.47. The maximum absolute atomic E-state index is 13.0. The smallest absolute Gasteiger partial charge is 0.251 e. The summed E-state index contributed by atoms with van der Waals surface area (Å²) < 4.78 is 5.11. The quantitative estimate of drug-likeness (QED) is 0.494. The number of nitrogens with one attached hydrogen (secondary N) is 2. The average molecular weight is 452 g/mol. The minimum Gasteiger partial charge on any atom is -0.497 e. The van der Waals surface area contributed by atoms with Crippen molar-refractivity contribution >= 4 is 34.1 Å². The topological polar surface area (TPSA) is 97.4 Å². The molecule has 0 aliphatic heterocycles. The van der Waals surface area contributed by atoms with Gasteiger partial charge < -0.3 is 15.4 Å². The predicted octanol–water partition coefficient (Wildman–Crippen LogP) is 4.41. The number of nitrogens with zero attached hydrogens (tertiary/aromatic N) is 1. The first-order valence-corrected chi connectivity index (χ1v) is 10.9. The van der Waals surface area contributed by atoms with E-state index in [9.17, 15) is 14.4 Å². The highest BCUT2D eigenvalue weighted by molar-refractivity contribution is 7.18. The Morgan fingerprint density at radius 2 is 1.66 bits per heavy atom. The van der Waals surface area contributed by atoms with Gasteiger partial charge in [-0.15, -0.1) is 0 Å². The molecule has 32 heavy (non-hydrogen) atoms. The molecular weight excluding hydrogens is 426 g/mol. The number of thiazole rings is 1. The molecule has 0 aliphatic carbocycles. The van der Waals surface area contributed by atoms with Crippen molar-refractivity contribution in [1.29, 1.82) is 0 Å². The lowest BCUT2D eigenvalue weighted by Gasteiger charge is -2.21. The highest BCUT2D eigenvalue weighted by Gasteiger charge is 2.26. The van der Waals surface area contributed by atoms with Gasteiger partial charge in [-0.3, -0.25) is 14.4 Å². The van der Waals surface area contributed by atoms with Gasteiger partial charge in [0.1, 0.15) is 11.8 Å². The first-order valence-electron chi connectivity index (χ1n) is 10.1. The Labute approximate surface area is 190 Å². The summed E-state index contributed by atoms with van der Waals surface area (Å²) in [6.07, 6.45) is 0. The summed E-state index contributed by atoms with van der Waals surface area (Å²) in [6.45, 7) is 5.16. The number of anilines is 1. The van der Waals surface area contributed by atoms with Gasteiger partial charge in [-0.05, 0) is 30.2 Å². The molecule has 1 heterocycles. The molecule has 166 valence electrons. The summed E-state index contributed by atoms with van der Waals surface area (Å²) in [5, 5.41) is 5.86. The van der Waals surface area contributed by atoms with Gasteiger partial charge in [-0.25, -0.2) is 4.98 Å². The van der Waals surface area contributed by atoms with E-state index in [0.29, 0.717) is 27.0 Å². The first-order chi connectivity index (χ1) is 15.3. The highest BCUT2D eigenvalue weighted by atomic mass is 32.1. The Morgan fingerprint density at radius 3 is 2.22 bits per heavy atom. The van der Waals surface area contributed by atoms with Crippen molar-refractivity contribution in [1.82, 2.24) is 10.3 Å². The zero-order chi connectivity index (χ0) is 23.3. The van der Waals surface area contributed by atoms with E-state index in [4.69, 9.17) is 4.74 Å². The van der Waals surface area contributed by atoms with Gasteiger partial charge in [0.15, 0.2) is 10.9 Å². The Kier molecular flexibility index (Phi) is 7.37. The summed E-state index contributed by atoms with van der Waals surface area (Å²) in [6, 6.07) is 15.2. The number of hydrogen-bond donors (Lipinski definition) is 2. The van der Waals surface area contributed by atoms with Gasteiger partial charge in [0, 0.05) is 18.1 Å². The van der Waals surface area contributed by atoms with Gasteiger partial charge in [-0.1, -0.05) is 55.5 Å². The SMILES string of the molecule is COc1ccc(C(=O)NC(C(=O)Nc2nc(-c3ccccc3)c(C(C)=O)s2)C(C)C)cc1. The maximum Gasteiger partial charge on any atom is 0.251 e. The molecule has 0 aliphatic rings. The van der Waals surface area contributed by atoms with Crippen LogP contribution in [0.25, 0.3) is 11.3 Å². The lowest BCUT2D eigenvalue weighted by molar-refractivity contribution is -0.118. The summed E-state index contributed by atoms with van der Waals surface area (Å²) in [5.74, 6) is -0.424. The molecule has 2 aromatic carbocycles. The standard InChI is InChI=1S/C24H25N3O4S/c1-14(2)19(25-22(29)17-10-12-18(31-4)13-11-17)23(30)27-24-26-20(21(32-24)15(3)28)16-8-6-5-7-9-16/h5-14,19H,1-4H3,(H,25,29)(H,26,27,30). The molecule has 1 atom stereocenters. The first kappa shape index (κ1) is 23.1. The summed E-state index contributed by atoms with van der Waals surface area (Å²) in [4.78, 5) is 42.7. The van der Waals surface area contributed by atoms with E-state index in [-0.39, 0.29) is 17.6 Å². The second kappa shape index (κ2) is 10.2. The van der Waals surface area contributed by atoms with Crippen LogP contribution >= 0.6 is 11.3 Å². The van der Waals surface area contributed by atoms with Gasteiger partial charge in [-0.2, -0.15) is 0 Å². The molecule has 0 radical (unpaired) electrons. The van der Waals surface area contributed by atoms with Crippen LogP contribution in [0.15, 0.2) is 54.6 Å². The minimum absolute atomic E-state index is 0.130. The number of Topliss-reactive ketones (excluding diaryl/α,β-unsaturated/α-hetero) is 1. The zero-order valence-corrected chi connectivity index (χ0v) is 19.2. The molecule has 0 spiro atoms. The molecule has 7 nitrogen and oxygen atoms in total. The van der Waals surface area contributed by atoms with Crippen LogP contribution in [0.4, 0.5) is 5.13 Å². The van der Waals surface area contributed by atoms with Crippen LogP contribution in [-0.2, 0) is 4.79 Å². The van der Waals surface area contributed by atoms with Crippen LogP contribution in [0.1, 0.15) is 40.8 Å². The summed E-state index contributed by atoms with van der Waals surface area (Å²) >= 11 is 1.12. The number of carbonyl (C=O) groups is 3. The number of amides is 2. The largest absolute Gasteiger partial charge is 0.497 e. The lowest BCUT2D eigenvalue weighted by atomic mass is 10.0. The fourth-order valence-electron chi connectivity index (χ4n) is 3.09. The van der Waals surface area contributed by atoms with Crippen LogP contribution in [0.5, 0.6) is 5.75 Å².